The molecule has 0 atom stereocenters. The van der Waals surface area contributed by atoms with E-state index < -0.39 is 11.7 Å². The van der Waals surface area contributed by atoms with Crippen LogP contribution in [0.3, 0.4) is 0 Å². The summed E-state index contributed by atoms with van der Waals surface area (Å²) >= 11 is 1.52. The first kappa shape index (κ1) is 17.0. The molecule has 0 bridgehead atoms. The Morgan fingerprint density at radius 2 is 1.92 bits per heavy atom. The highest BCUT2D eigenvalue weighted by Crippen LogP contribution is 2.31. The average molecular weight is 380 g/mol. The Hall–Kier alpha value is -2.46. The van der Waals surface area contributed by atoms with Crippen molar-refractivity contribution in [3.63, 3.8) is 0 Å². The summed E-state index contributed by atoms with van der Waals surface area (Å²) in [5.74, 6) is 0. The summed E-state index contributed by atoms with van der Waals surface area (Å²) in [5, 5.41) is 14.1. The number of halogens is 3. The maximum atomic E-state index is 12.9. The molecule has 0 radical (unpaired) electrons. The van der Waals surface area contributed by atoms with Crippen LogP contribution in [0.1, 0.15) is 5.56 Å². The van der Waals surface area contributed by atoms with Crippen LogP contribution in [-0.4, -0.2) is 46.2 Å². The third-order valence-electron chi connectivity index (χ3n) is 4.07. The molecule has 1 aromatic carbocycles. The monoisotopic (exact) mass is 380 g/mol. The van der Waals surface area contributed by atoms with Crippen LogP contribution in [0.2, 0.25) is 0 Å². The van der Waals surface area contributed by atoms with Crippen molar-refractivity contribution in [2.75, 3.05) is 31.1 Å². The molecule has 26 heavy (non-hydrogen) atoms. The quantitative estimate of drug-likeness (QED) is 0.757. The molecule has 1 saturated heterocycles. The van der Waals surface area contributed by atoms with Crippen molar-refractivity contribution in [1.29, 1.82) is 0 Å². The van der Waals surface area contributed by atoms with E-state index in [0.717, 1.165) is 43.4 Å². The fourth-order valence-corrected chi connectivity index (χ4v) is 3.59. The van der Waals surface area contributed by atoms with Crippen LogP contribution in [0.4, 0.5) is 18.3 Å². The first-order valence-electron chi connectivity index (χ1n) is 8.02. The minimum absolute atomic E-state index is 0.302. The minimum atomic E-state index is -4.40. The van der Waals surface area contributed by atoms with Gasteiger partial charge in [-0.25, -0.2) is 9.67 Å². The van der Waals surface area contributed by atoms with Crippen molar-refractivity contribution >= 4 is 16.5 Å². The van der Waals surface area contributed by atoms with Gasteiger partial charge in [-0.05, 0) is 18.2 Å². The lowest BCUT2D eigenvalue weighted by Gasteiger charge is -2.26. The average Bonchev–Trinajstić information content (AvgIpc) is 3.31. The molecular weight excluding hydrogens is 365 g/mol. The number of nitrogens with one attached hydrogen (secondary N) is 1. The molecule has 6 nitrogen and oxygen atoms in total. The molecule has 0 unspecified atom stereocenters. The van der Waals surface area contributed by atoms with Crippen LogP contribution in [0.25, 0.3) is 17.1 Å². The zero-order valence-corrected chi connectivity index (χ0v) is 14.4. The fourth-order valence-electron chi connectivity index (χ4n) is 2.72. The van der Waals surface area contributed by atoms with Crippen LogP contribution in [0.5, 0.6) is 0 Å². The molecule has 1 aliphatic heterocycles. The Morgan fingerprint density at radius 3 is 2.69 bits per heavy atom. The lowest BCUT2D eigenvalue weighted by atomic mass is 10.2. The van der Waals surface area contributed by atoms with Gasteiger partial charge in [0.2, 0.25) is 0 Å². The SMILES string of the molecule is FC(F)(F)c1cccc(-n2cc(-c3csc(N4CCNCC4)n3)nn2)c1. The van der Waals surface area contributed by atoms with Gasteiger partial charge in [0.15, 0.2) is 5.13 Å². The fraction of sp³-hybridized carbons (Fsp3) is 0.312. The highest BCUT2D eigenvalue weighted by Gasteiger charge is 2.30. The summed E-state index contributed by atoms with van der Waals surface area (Å²) < 4.78 is 39.9. The van der Waals surface area contributed by atoms with Crippen molar-refractivity contribution in [2.45, 2.75) is 6.18 Å². The number of thiazole rings is 1. The Kier molecular flexibility index (Phi) is 4.37. The first-order valence-corrected chi connectivity index (χ1v) is 8.90. The van der Waals surface area contributed by atoms with Crippen molar-refractivity contribution in [3.05, 3.63) is 41.4 Å². The summed E-state index contributed by atoms with van der Waals surface area (Å²) in [6, 6.07) is 4.99. The second kappa shape index (κ2) is 6.69. The lowest BCUT2D eigenvalue weighted by molar-refractivity contribution is -0.137. The van der Waals surface area contributed by atoms with Gasteiger partial charge in [0, 0.05) is 31.6 Å². The molecule has 4 rings (SSSR count). The maximum absolute atomic E-state index is 12.9. The predicted molar refractivity (Wildman–Crippen MR) is 92.6 cm³/mol. The Balaban J connectivity index is 1.58. The van der Waals surface area contributed by atoms with Gasteiger partial charge in [-0.15, -0.1) is 16.4 Å². The van der Waals surface area contributed by atoms with Crippen LogP contribution in [-0.2, 0) is 6.18 Å². The van der Waals surface area contributed by atoms with Gasteiger partial charge in [0.1, 0.15) is 11.4 Å². The predicted octanol–water partition coefficient (Wildman–Crippen LogP) is 2.82. The normalized spacial score (nSPS) is 15.4. The number of anilines is 1. The number of alkyl halides is 3. The van der Waals surface area contributed by atoms with Gasteiger partial charge in [0.25, 0.3) is 0 Å². The van der Waals surface area contributed by atoms with Gasteiger partial charge < -0.3 is 10.2 Å². The summed E-state index contributed by atoms with van der Waals surface area (Å²) in [5.41, 5.74) is 0.777. The topological polar surface area (TPSA) is 58.9 Å². The summed E-state index contributed by atoms with van der Waals surface area (Å²) in [6.07, 6.45) is -2.81. The summed E-state index contributed by atoms with van der Waals surface area (Å²) in [4.78, 5) is 6.79. The Morgan fingerprint density at radius 1 is 1.12 bits per heavy atom. The van der Waals surface area contributed by atoms with E-state index in [1.54, 1.807) is 12.3 Å². The highest BCUT2D eigenvalue weighted by molar-refractivity contribution is 7.14. The van der Waals surface area contributed by atoms with Crippen molar-refractivity contribution < 1.29 is 13.2 Å². The Bertz CT molecular complexity index is 897. The van der Waals surface area contributed by atoms with Gasteiger partial charge in [-0.1, -0.05) is 11.3 Å². The zero-order valence-electron chi connectivity index (χ0n) is 13.6. The van der Waals surface area contributed by atoms with E-state index in [4.69, 9.17) is 0 Å². The van der Waals surface area contributed by atoms with Gasteiger partial charge in [0.05, 0.1) is 17.4 Å². The van der Waals surface area contributed by atoms with E-state index >= 15 is 0 Å². The number of hydrogen-bond acceptors (Lipinski definition) is 6. The number of piperazine rings is 1. The van der Waals surface area contributed by atoms with E-state index in [1.807, 2.05) is 5.38 Å². The molecule has 3 aromatic rings. The third kappa shape index (κ3) is 3.42. The first-order chi connectivity index (χ1) is 12.5. The van der Waals surface area contributed by atoms with E-state index in [0.29, 0.717) is 17.1 Å². The smallest absolute Gasteiger partial charge is 0.346 e. The molecule has 1 N–H and O–H groups in total. The standard InChI is InChI=1S/C16H15F3N6S/c17-16(18,19)11-2-1-3-12(8-11)25-9-13(22-23-25)14-10-26-15(21-14)24-6-4-20-5-7-24/h1-3,8-10,20H,4-7H2. The molecule has 1 fully saturated rings. The number of rotatable bonds is 3. The lowest BCUT2D eigenvalue weighted by Crippen LogP contribution is -2.43. The van der Waals surface area contributed by atoms with Crippen LogP contribution < -0.4 is 10.2 Å². The van der Waals surface area contributed by atoms with Gasteiger partial charge >= 0.3 is 6.18 Å². The van der Waals surface area contributed by atoms with Crippen molar-refractivity contribution in [1.82, 2.24) is 25.3 Å². The maximum Gasteiger partial charge on any atom is 0.416 e. The Labute approximate surface area is 151 Å². The molecule has 0 amide bonds. The van der Waals surface area contributed by atoms with Crippen LogP contribution in [0.15, 0.2) is 35.8 Å². The van der Waals surface area contributed by atoms with Crippen molar-refractivity contribution in [3.8, 4) is 17.1 Å². The zero-order chi connectivity index (χ0) is 18.1. The second-order valence-corrected chi connectivity index (χ2v) is 6.69. The second-order valence-electron chi connectivity index (χ2n) is 5.85. The summed E-state index contributed by atoms with van der Waals surface area (Å²) in [6.45, 7) is 3.62. The summed E-state index contributed by atoms with van der Waals surface area (Å²) in [7, 11) is 0. The van der Waals surface area contributed by atoms with E-state index in [9.17, 15) is 13.2 Å². The molecule has 0 aliphatic carbocycles. The van der Waals surface area contributed by atoms with Crippen LogP contribution in [0, 0.1) is 0 Å². The van der Waals surface area contributed by atoms with Crippen LogP contribution >= 0.6 is 11.3 Å². The van der Waals surface area contributed by atoms with Crippen molar-refractivity contribution in [2.24, 2.45) is 0 Å². The largest absolute Gasteiger partial charge is 0.416 e. The van der Waals surface area contributed by atoms with E-state index in [1.165, 1.54) is 22.1 Å². The molecule has 2 aromatic heterocycles. The molecule has 1 aliphatic rings. The molecule has 3 heterocycles. The number of nitrogens with zero attached hydrogens (tertiary/aromatic N) is 5. The molecule has 10 heteroatoms. The molecule has 0 spiro atoms. The van der Waals surface area contributed by atoms with Gasteiger partial charge in [-0.2, -0.15) is 13.2 Å². The molecule has 136 valence electrons. The van der Waals surface area contributed by atoms with Gasteiger partial charge in [-0.3, -0.25) is 0 Å². The number of aromatic nitrogens is 4. The number of benzene rings is 1. The minimum Gasteiger partial charge on any atom is -0.346 e. The molecular formula is C16H15F3N6S. The third-order valence-corrected chi connectivity index (χ3v) is 4.97. The van der Waals surface area contributed by atoms with E-state index in [2.05, 4.69) is 25.5 Å². The number of hydrogen-bond donors (Lipinski definition) is 1. The highest BCUT2D eigenvalue weighted by atomic mass is 32.1. The van der Waals surface area contributed by atoms with E-state index in [-0.39, 0.29) is 0 Å². The molecule has 0 saturated carbocycles.